The number of carbonyl (C=O) groups is 4. The molecule has 1 saturated carbocycles. The number of fused-ring (bicyclic) bond motifs is 1. The molecule has 9 heteroatoms. The Kier molecular flexibility index (Phi) is 8.66. The summed E-state index contributed by atoms with van der Waals surface area (Å²) in [4.78, 5) is 56.2. The smallest absolute Gasteiger partial charge is 0.267 e. The van der Waals surface area contributed by atoms with Gasteiger partial charge in [-0.1, -0.05) is 61.4 Å². The predicted octanol–water partition coefficient (Wildman–Crippen LogP) is 3.65. The lowest BCUT2D eigenvalue weighted by Crippen LogP contribution is -2.62. The van der Waals surface area contributed by atoms with E-state index in [0.29, 0.717) is 17.9 Å². The highest BCUT2D eigenvalue weighted by molar-refractivity contribution is 6.03. The predicted molar refractivity (Wildman–Crippen MR) is 158 cm³/mol. The number of hydrogen-bond donors (Lipinski definition) is 2. The van der Waals surface area contributed by atoms with Crippen molar-refractivity contribution in [3.05, 3.63) is 89.4 Å². The molecule has 2 atom stereocenters. The van der Waals surface area contributed by atoms with E-state index in [0.717, 1.165) is 29.2 Å². The van der Waals surface area contributed by atoms with Crippen molar-refractivity contribution < 1.29 is 23.6 Å². The van der Waals surface area contributed by atoms with E-state index < -0.39 is 23.8 Å². The fraction of sp³-hybridized carbons (Fsp3) is 0.333. The molecule has 2 fully saturated rings. The molecule has 1 aliphatic heterocycles. The second kappa shape index (κ2) is 12.5. The third-order valence-corrected chi connectivity index (χ3v) is 7.88. The number of benzene rings is 3. The molecule has 4 amide bonds. The molecule has 0 radical (unpaired) electrons. The Balaban J connectivity index is 1.44. The second-order valence-corrected chi connectivity index (χ2v) is 11.0. The number of carbonyl (C=O) groups excluding carboxylic acids is 4. The zero-order valence-electron chi connectivity index (χ0n) is 23.8. The van der Waals surface area contributed by atoms with Gasteiger partial charge < -0.3 is 20.4 Å². The number of piperazine rings is 1. The Morgan fingerprint density at radius 2 is 1.71 bits per heavy atom. The average Bonchev–Trinajstić information content (AvgIpc) is 3.81. The minimum atomic E-state index is -0.916. The first-order chi connectivity index (χ1) is 20.2. The Hall–Kier alpha value is -4.53. The Morgan fingerprint density at radius 1 is 1.00 bits per heavy atom. The molecule has 0 unspecified atom stereocenters. The van der Waals surface area contributed by atoms with Crippen molar-refractivity contribution in [2.24, 2.45) is 5.92 Å². The monoisotopic (exact) mass is 570 g/mol. The highest BCUT2D eigenvalue weighted by Gasteiger charge is 2.44. The number of hydrogen-bond acceptors (Lipinski definition) is 4. The van der Waals surface area contributed by atoms with E-state index in [4.69, 9.17) is 0 Å². The molecule has 1 heterocycles. The summed E-state index contributed by atoms with van der Waals surface area (Å²) < 4.78 is 13.5. The Bertz CT molecular complexity index is 1530. The van der Waals surface area contributed by atoms with E-state index in [1.807, 2.05) is 42.5 Å². The van der Waals surface area contributed by atoms with Crippen LogP contribution < -0.4 is 10.6 Å². The van der Waals surface area contributed by atoms with Gasteiger partial charge >= 0.3 is 0 Å². The molecule has 2 aliphatic rings. The van der Waals surface area contributed by atoms with Crippen molar-refractivity contribution in [2.75, 3.05) is 20.1 Å². The molecular formula is C33H35FN4O4. The van der Waals surface area contributed by atoms with Crippen LogP contribution in [0, 0.1) is 11.7 Å². The lowest BCUT2D eigenvalue weighted by Gasteiger charge is -2.42. The van der Waals surface area contributed by atoms with Gasteiger partial charge in [-0.2, -0.15) is 0 Å². The largest absolute Gasteiger partial charge is 0.354 e. The molecule has 3 aromatic carbocycles. The van der Waals surface area contributed by atoms with Gasteiger partial charge in [0.15, 0.2) is 0 Å². The van der Waals surface area contributed by atoms with Gasteiger partial charge in [-0.25, -0.2) is 4.39 Å². The topological polar surface area (TPSA) is 98.8 Å². The van der Waals surface area contributed by atoms with Gasteiger partial charge in [-0.15, -0.1) is 0 Å². The fourth-order valence-corrected chi connectivity index (χ4v) is 5.54. The maximum Gasteiger partial charge on any atom is 0.267 e. The molecular weight excluding hydrogens is 535 g/mol. The number of rotatable bonds is 9. The van der Waals surface area contributed by atoms with Crippen molar-refractivity contribution >= 4 is 40.5 Å². The molecule has 1 saturated heterocycles. The summed E-state index contributed by atoms with van der Waals surface area (Å²) in [5.41, 5.74) is 1.69. The van der Waals surface area contributed by atoms with Crippen LogP contribution in [0.15, 0.2) is 72.4 Å². The fourth-order valence-electron chi connectivity index (χ4n) is 5.54. The van der Waals surface area contributed by atoms with Gasteiger partial charge in [0, 0.05) is 33.5 Å². The maximum atomic E-state index is 14.1. The molecule has 0 spiro atoms. The average molecular weight is 571 g/mol. The maximum absolute atomic E-state index is 14.1. The summed E-state index contributed by atoms with van der Waals surface area (Å²) >= 11 is 0. The lowest BCUT2D eigenvalue weighted by atomic mass is 9.99. The van der Waals surface area contributed by atoms with E-state index in [1.54, 1.807) is 23.1 Å². The molecule has 1 aliphatic carbocycles. The van der Waals surface area contributed by atoms with Crippen LogP contribution in [0.1, 0.15) is 37.3 Å². The van der Waals surface area contributed by atoms with Crippen molar-refractivity contribution in [2.45, 2.75) is 44.7 Å². The highest BCUT2D eigenvalue weighted by Crippen LogP contribution is 2.36. The van der Waals surface area contributed by atoms with Gasteiger partial charge in [-0.3, -0.25) is 19.2 Å². The first-order valence-corrected chi connectivity index (χ1v) is 14.3. The van der Waals surface area contributed by atoms with Gasteiger partial charge in [0.2, 0.25) is 17.7 Å². The molecule has 0 aromatic heterocycles. The van der Waals surface area contributed by atoms with Crippen LogP contribution in [0.5, 0.6) is 0 Å². The molecule has 0 bridgehead atoms. The highest BCUT2D eigenvalue weighted by atomic mass is 19.1. The molecule has 218 valence electrons. The molecule has 8 nitrogen and oxygen atoms in total. The van der Waals surface area contributed by atoms with Crippen LogP contribution in [-0.2, 0) is 25.6 Å². The van der Waals surface area contributed by atoms with E-state index in [1.165, 1.54) is 31.0 Å². The van der Waals surface area contributed by atoms with Gasteiger partial charge in [0.05, 0.1) is 0 Å². The summed E-state index contributed by atoms with van der Waals surface area (Å²) in [5, 5.41) is 7.47. The molecule has 3 aromatic rings. The van der Waals surface area contributed by atoms with E-state index in [2.05, 4.69) is 10.6 Å². The van der Waals surface area contributed by atoms with Gasteiger partial charge in [0.25, 0.3) is 5.91 Å². The number of nitrogens with zero attached hydrogens (tertiary/aromatic N) is 2. The number of halogens is 1. The first kappa shape index (κ1) is 29.0. The zero-order valence-corrected chi connectivity index (χ0v) is 23.8. The van der Waals surface area contributed by atoms with Gasteiger partial charge in [-0.05, 0) is 58.5 Å². The van der Waals surface area contributed by atoms with Crippen LogP contribution in [0.2, 0.25) is 0 Å². The SMILES string of the molecule is CNC(=O)/C(=C\c1ccc2ccccc2c1)N1CCN(C(=O)[C@@H](Cc2ccc(F)cc2)NC(C)=O)[C@@H](CC2CC2)C1=O. The first-order valence-electron chi connectivity index (χ1n) is 14.3. The van der Waals surface area contributed by atoms with Crippen molar-refractivity contribution in [1.29, 1.82) is 0 Å². The van der Waals surface area contributed by atoms with Crippen molar-refractivity contribution in [3.8, 4) is 0 Å². The Morgan fingerprint density at radius 3 is 2.38 bits per heavy atom. The summed E-state index contributed by atoms with van der Waals surface area (Å²) in [6, 6.07) is 17.8. The van der Waals surface area contributed by atoms with Gasteiger partial charge in [0.1, 0.15) is 23.6 Å². The zero-order chi connectivity index (χ0) is 29.8. The summed E-state index contributed by atoms with van der Waals surface area (Å²) in [7, 11) is 1.52. The normalized spacial score (nSPS) is 18.1. The van der Waals surface area contributed by atoms with E-state index in [9.17, 15) is 23.6 Å². The van der Waals surface area contributed by atoms with Crippen LogP contribution >= 0.6 is 0 Å². The second-order valence-electron chi connectivity index (χ2n) is 11.0. The number of likely N-dealkylation sites (N-methyl/N-ethyl adjacent to an activating group) is 1. The van der Waals surface area contributed by atoms with E-state index >= 15 is 0 Å². The summed E-state index contributed by atoms with van der Waals surface area (Å²) in [6.45, 7) is 1.67. The summed E-state index contributed by atoms with van der Waals surface area (Å²) in [6.07, 6.45) is 4.32. The molecule has 2 N–H and O–H groups in total. The van der Waals surface area contributed by atoms with Crippen molar-refractivity contribution in [3.63, 3.8) is 0 Å². The summed E-state index contributed by atoms with van der Waals surface area (Å²) in [5.74, 6) is -1.53. The van der Waals surface area contributed by atoms with E-state index in [-0.39, 0.29) is 42.9 Å². The standard InChI is InChI=1S/C33H35FN4O4/c1-21(39)36-28(18-22-10-13-27(34)14-11-22)32(41)38-16-15-37(33(42)30(38)19-23-7-8-23)29(31(40)35-2)20-24-9-12-25-5-3-4-6-26(25)17-24/h3-6,9-14,17,20,23,28,30H,7-8,15-16,18-19H2,1-2H3,(H,35,40)(H,36,39)/b29-20+/t28-,30+/m1/s1. The minimum absolute atomic E-state index is 0.127. The number of nitrogens with one attached hydrogen (secondary N) is 2. The van der Waals surface area contributed by atoms with Crippen LogP contribution in [0.3, 0.4) is 0 Å². The third-order valence-electron chi connectivity index (χ3n) is 7.88. The minimum Gasteiger partial charge on any atom is -0.354 e. The van der Waals surface area contributed by atoms with Crippen LogP contribution in [-0.4, -0.2) is 65.6 Å². The molecule has 5 rings (SSSR count). The van der Waals surface area contributed by atoms with Crippen LogP contribution in [0.4, 0.5) is 4.39 Å². The molecule has 42 heavy (non-hydrogen) atoms. The lowest BCUT2D eigenvalue weighted by molar-refractivity contribution is -0.152. The third kappa shape index (κ3) is 6.67. The van der Waals surface area contributed by atoms with Crippen LogP contribution in [0.25, 0.3) is 16.8 Å². The quantitative estimate of drug-likeness (QED) is 0.384. The number of amides is 4. The Labute approximate surface area is 244 Å². The van der Waals surface area contributed by atoms with Crippen molar-refractivity contribution in [1.82, 2.24) is 20.4 Å².